The summed E-state index contributed by atoms with van der Waals surface area (Å²) in [4.78, 5) is 26.4. The minimum Gasteiger partial charge on any atom is -0.495 e. The number of carbonyl (C=O) groups excluding carboxylic acids is 1. The highest BCUT2D eigenvalue weighted by Crippen LogP contribution is 2.24. The Hall–Kier alpha value is -2.37. The summed E-state index contributed by atoms with van der Waals surface area (Å²) in [6.07, 6.45) is 3.00. The van der Waals surface area contributed by atoms with Gasteiger partial charge >= 0.3 is 5.97 Å². The molecule has 0 spiro atoms. The van der Waals surface area contributed by atoms with Gasteiger partial charge in [-0.25, -0.2) is 4.98 Å². The summed E-state index contributed by atoms with van der Waals surface area (Å²) in [5.74, 6) is -0.600. The van der Waals surface area contributed by atoms with Gasteiger partial charge in [0.1, 0.15) is 17.9 Å². The van der Waals surface area contributed by atoms with Gasteiger partial charge in [0, 0.05) is 17.1 Å². The van der Waals surface area contributed by atoms with Gasteiger partial charge in [-0.2, -0.15) is 0 Å². The third-order valence-electron chi connectivity index (χ3n) is 2.61. The van der Waals surface area contributed by atoms with Crippen LogP contribution < -0.4 is 4.74 Å². The van der Waals surface area contributed by atoms with Crippen LogP contribution in [-0.2, 0) is 11.3 Å². The first-order valence-electron chi connectivity index (χ1n) is 5.28. The Morgan fingerprint density at radius 1 is 1.50 bits per heavy atom. The average molecular weight is 248 g/mol. The number of methoxy groups -OCH3 is 1. The van der Waals surface area contributed by atoms with E-state index < -0.39 is 5.97 Å². The number of carboxylic acids is 1. The van der Waals surface area contributed by atoms with Gasteiger partial charge in [0.2, 0.25) is 0 Å². The summed E-state index contributed by atoms with van der Waals surface area (Å²) in [7, 11) is 1.50. The largest absolute Gasteiger partial charge is 0.495 e. The molecule has 0 amide bonds. The number of aromatic nitrogens is 2. The van der Waals surface area contributed by atoms with Crippen LogP contribution in [0.2, 0.25) is 0 Å². The van der Waals surface area contributed by atoms with Crippen LogP contribution in [0.15, 0.2) is 18.5 Å². The molecule has 6 heteroatoms. The van der Waals surface area contributed by atoms with Crippen molar-refractivity contribution >= 4 is 22.8 Å². The smallest absolute Gasteiger partial charge is 0.323 e. The molecule has 2 aromatic rings. The molecule has 0 aliphatic rings. The van der Waals surface area contributed by atoms with Gasteiger partial charge in [0.25, 0.3) is 0 Å². The minimum atomic E-state index is -0.986. The van der Waals surface area contributed by atoms with Crippen molar-refractivity contribution in [1.29, 1.82) is 0 Å². The predicted octanol–water partition coefficient (Wildman–Crippen LogP) is 1.33. The molecule has 0 fully saturated rings. The van der Waals surface area contributed by atoms with E-state index in [1.165, 1.54) is 31.0 Å². The number of pyridine rings is 1. The Morgan fingerprint density at radius 2 is 2.22 bits per heavy atom. The van der Waals surface area contributed by atoms with Crippen LogP contribution in [0.1, 0.15) is 17.3 Å². The zero-order chi connectivity index (χ0) is 13.3. The van der Waals surface area contributed by atoms with Crippen molar-refractivity contribution in [2.24, 2.45) is 0 Å². The second-order valence-corrected chi connectivity index (χ2v) is 3.87. The molecule has 0 radical (unpaired) electrons. The van der Waals surface area contributed by atoms with E-state index in [4.69, 9.17) is 9.84 Å². The van der Waals surface area contributed by atoms with E-state index in [-0.39, 0.29) is 12.3 Å². The fourth-order valence-electron chi connectivity index (χ4n) is 1.81. The van der Waals surface area contributed by atoms with E-state index >= 15 is 0 Å². The molecule has 94 valence electrons. The van der Waals surface area contributed by atoms with Crippen molar-refractivity contribution in [1.82, 2.24) is 9.55 Å². The second kappa shape index (κ2) is 4.48. The summed E-state index contributed by atoms with van der Waals surface area (Å²) < 4.78 is 6.49. The van der Waals surface area contributed by atoms with Crippen LogP contribution in [0.3, 0.4) is 0 Å². The molecule has 0 saturated carbocycles. The fraction of sp³-hybridized carbons (Fsp3) is 0.250. The van der Waals surface area contributed by atoms with Gasteiger partial charge in [-0.05, 0) is 13.0 Å². The number of rotatable bonds is 4. The molecule has 0 atom stereocenters. The van der Waals surface area contributed by atoms with Gasteiger partial charge in [-0.15, -0.1) is 0 Å². The number of nitrogens with zero attached hydrogens (tertiary/aromatic N) is 2. The molecule has 0 aliphatic carbocycles. The summed E-state index contributed by atoms with van der Waals surface area (Å²) in [6.45, 7) is 1.20. The van der Waals surface area contributed by atoms with E-state index in [1.54, 1.807) is 6.07 Å². The standard InChI is InChI=1S/C12H12N2O4/c1-7(15)10-5-14(6-11(16)17)12-9(10)3-8(18-2)4-13-12/h3-5H,6H2,1-2H3,(H,16,17). The zero-order valence-corrected chi connectivity index (χ0v) is 10.0. The highest BCUT2D eigenvalue weighted by Gasteiger charge is 2.15. The lowest BCUT2D eigenvalue weighted by Crippen LogP contribution is -2.08. The Balaban J connectivity index is 2.67. The quantitative estimate of drug-likeness (QED) is 0.825. The van der Waals surface area contributed by atoms with Gasteiger partial charge < -0.3 is 14.4 Å². The number of ether oxygens (including phenoxy) is 1. The molecule has 2 heterocycles. The third kappa shape index (κ3) is 2.04. The number of hydrogen-bond donors (Lipinski definition) is 1. The molecular formula is C12H12N2O4. The zero-order valence-electron chi connectivity index (χ0n) is 10.0. The van der Waals surface area contributed by atoms with Crippen LogP contribution in [-0.4, -0.2) is 33.5 Å². The van der Waals surface area contributed by atoms with Crippen molar-refractivity contribution in [2.75, 3.05) is 7.11 Å². The highest BCUT2D eigenvalue weighted by molar-refractivity contribution is 6.06. The molecular weight excluding hydrogens is 236 g/mol. The van der Waals surface area contributed by atoms with Crippen molar-refractivity contribution in [2.45, 2.75) is 13.5 Å². The van der Waals surface area contributed by atoms with E-state index in [2.05, 4.69) is 4.98 Å². The van der Waals surface area contributed by atoms with E-state index in [0.717, 1.165) is 0 Å². The van der Waals surface area contributed by atoms with E-state index in [1.807, 2.05) is 0 Å². The Bertz CT molecular complexity index is 630. The molecule has 2 aromatic heterocycles. The first-order valence-corrected chi connectivity index (χ1v) is 5.28. The SMILES string of the molecule is COc1cnc2c(c1)c(C(C)=O)cn2CC(=O)O. The lowest BCUT2D eigenvalue weighted by Gasteiger charge is -2.01. The molecule has 1 N–H and O–H groups in total. The number of fused-ring (bicyclic) bond motifs is 1. The molecule has 6 nitrogen and oxygen atoms in total. The van der Waals surface area contributed by atoms with Crippen LogP contribution >= 0.6 is 0 Å². The van der Waals surface area contributed by atoms with Crippen LogP contribution in [0.5, 0.6) is 5.75 Å². The normalized spacial score (nSPS) is 10.6. The third-order valence-corrected chi connectivity index (χ3v) is 2.61. The predicted molar refractivity (Wildman–Crippen MR) is 63.9 cm³/mol. The summed E-state index contributed by atoms with van der Waals surface area (Å²) in [5.41, 5.74) is 0.904. The summed E-state index contributed by atoms with van der Waals surface area (Å²) in [5, 5.41) is 9.42. The van der Waals surface area contributed by atoms with Crippen LogP contribution in [0, 0.1) is 0 Å². The lowest BCUT2D eigenvalue weighted by atomic mass is 10.1. The Labute approximate surface area is 103 Å². The number of ketones is 1. The summed E-state index contributed by atoms with van der Waals surface area (Å²) >= 11 is 0. The first-order chi connectivity index (χ1) is 8.52. The van der Waals surface area contributed by atoms with Gasteiger partial charge in [-0.1, -0.05) is 0 Å². The van der Waals surface area contributed by atoms with Gasteiger partial charge in [0.05, 0.1) is 13.3 Å². The average Bonchev–Trinajstić information content (AvgIpc) is 2.66. The second-order valence-electron chi connectivity index (χ2n) is 3.87. The monoisotopic (exact) mass is 248 g/mol. The van der Waals surface area contributed by atoms with Crippen molar-refractivity contribution < 1.29 is 19.4 Å². The molecule has 2 rings (SSSR count). The molecule has 0 aromatic carbocycles. The van der Waals surface area contributed by atoms with Gasteiger partial charge in [-0.3, -0.25) is 9.59 Å². The maximum Gasteiger partial charge on any atom is 0.323 e. The number of carboxylic acid groups (broad SMARTS) is 1. The van der Waals surface area contributed by atoms with Crippen LogP contribution in [0.25, 0.3) is 11.0 Å². The van der Waals surface area contributed by atoms with Crippen molar-refractivity contribution in [3.05, 3.63) is 24.0 Å². The number of aliphatic carboxylic acids is 1. The Morgan fingerprint density at radius 3 is 2.78 bits per heavy atom. The van der Waals surface area contributed by atoms with Gasteiger partial charge in [0.15, 0.2) is 5.78 Å². The Kier molecular flexibility index (Phi) is 3.01. The lowest BCUT2D eigenvalue weighted by molar-refractivity contribution is -0.137. The topological polar surface area (TPSA) is 81.4 Å². The van der Waals surface area contributed by atoms with Crippen molar-refractivity contribution in [3.63, 3.8) is 0 Å². The van der Waals surface area contributed by atoms with Crippen molar-refractivity contribution in [3.8, 4) is 5.75 Å². The molecule has 0 aliphatic heterocycles. The molecule has 0 unspecified atom stereocenters. The maximum atomic E-state index is 11.5. The molecule has 0 saturated heterocycles. The number of hydrogen-bond acceptors (Lipinski definition) is 4. The summed E-state index contributed by atoms with van der Waals surface area (Å²) in [6, 6.07) is 1.68. The van der Waals surface area contributed by atoms with Crippen LogP contribution in [0.4, 0.5) is 0 Å². The highest BCUT2D eigenvalue weighted by atomic mass is 16.5. The number of carbonyl (C=O) groups is 2. The van der Waals surface area contributed by atoms with E-state index in [0.29, 0.717) is 22.3 Å². The van der Waals surface area contributed by atoms with E-state index in [9.17, 15) is 9.59 Å². The first kappa shape index (κ1) is 12.1. The maximum absolute atomic E-state index is 11.5. The molecule has 0 bridgehead atoms. The fourth-order valence-corrected chi connectivity index (χ4v) is 1.81. The minimum absolute atomic E-state index is 0.140. The molecule has 18 heavy (non-hydrogen) atoms. The number of Topliss-reactive ketones (excluding diaryl/α,β-unsaturated/α-hetero) is 1.